The van der Waals surface area contributed by atoms with Gasteiger partial charge in [0, 0.05) is 11.8 Å². The molecule has 2 nitrogen and oxygen atoms in total. The lowest BCUT2D eigenvalue weighted by Crippen LogP contribution is -2.12. The first-order valence-electron chi connectivity index (χ1n) is 5.72. The summed E-state index contributed by atoms with van der Waals surface area (Å²) in [6, 6.07) is 8.46. The number of ether oxygens (including phenoxy) is 1. The lowest BCUT2D eigenvalue weighted by atomic mass is 10.1. The highest BCUT2D eigenvalue weighted by Crippen LogP contribution is 2.48. The zero-order valence-corrected chi connectivity index (χ0v) is 9.92. The van der Waals surface area contributed by atoms with Crippen molar-refractivity contribution >= 4 is 0 Å². The van der Waals surface area contributed by atoms with Crippen LogP contribution in [-0.4, -0.2) is 6.61 Å². The fraction of sp³-hybridized carbons (Fsp3) is 0.500. The maximum atomic E-state index is 8.72. The van der Waals surface area contributed by atoms with Crippen molar-refractivity contribution in [1.82, 2.24) is 0 Å². The minimum Gasteiger partial charge on any atom is -0.493 e. The van der Waals surface area contributed by atoms with Gasteiger partial charge in [0.15, 0.2) is 0 Å². The molecule has 0 atom stereocenters. The first kappa shape index (κ1) is 11.0. The van der Waals surface area contributed by atoms with Gasteiger partial charge in [-0.05, 0) is 38.3 Å². The zero-order valence-electron chi connectivity index (χ0n) is 9.92. The molecule has 1 aromatic rings. The number of nitrogens with zero attached hydrogens (tertiary/aromatic N) is 1. The Morgan fingerprint density at radius 3 is 2.69 bits per heavy atom. The maximum Gasteiger partial charge on any atom is 0.122 e. The summed E-state index contributed by atoms with van der Waals surface area (Å²) in [7, 11) is 0. The van der Waals surface area contributed by atoms with Crippen molar-refractivity contribution in [2.75, 3.05) is 6.61 Å². The summed E-state index contributed by atoms with van der Waals surface area (Å²) in [4.78, 5) is 0. The molecule has 2 heteroatoms. The fourth-order valence-corrected chi connectivity index (χ4v) is 1.91. The first-order chi connectivity index (χ1) is 7.65. The Hall–Kier alpha value is -1.49. The van der Waals surface area contributed by atoms with E-state index in [-0.39, 0.29) is 5.41 Å². The molecule has 0 heterocycles. The summed E-state index contributed by atoms with van der Waals surface area (Å²) >= 11 is 0. The summed E-state index contributed by atoms with van der Waals surface area (Å²) in [5, 5.41) is 8.72. The van der Waals surface area contributed by atoms with E-state index in [9.17, 15) is 0 Å². The van der Waals surface area contributed by atoms with Crippen LogP contribution in [0.15, 0.2) is 18.2 Å². The fourth-order valence-electron chi connectivity index (χ4n) is 1.91. The molecule has 84 valence electrons. The van der Waals surface area contributed by atoms with Crippen molar-refractivity contribution < 1.29 is 4.74 Å². The minimum atomic E-state index is 0.159. The Bertz CT molecular complexity index is 427. The van der Waals surface area contributed by atoms with Gasteiger partial charge < -0.3 is 4.74 Å². The van der Waals surface area contributed by atoms with Crippen LogP contribution in [0, 0.1) is 30.6 Å². The lowest BCUT2D eigenvalue weighted by molar-refractivity contribution is 0.235. The van der Waals surface area contributed by atoms with Gasteiger partial charge in [0.25, 0.3) is 0 Å². The highest BCUT2D eigenvalue weighted by molar-refractivity contribution is 5.35. The van der Waals surface area contributed by atoms with Gasteiger partial charge >= 0.3 is 0 Å². The molecular weight excluding hydrogens is 198 g/mol. The number of hydrogen-bond acceptors (Lipinski definition) is 2. The molecule has 0 unspecified atom stereocenters. The molecular formula is C14H17NO. The van der Waals surface area contributed by atoms with Crippen molar-refractivity contribution in [3.8, 4) is 11.8 Å². The predicted octanol–water partition coefficient (Wildman–Crippen LogP) is 3.38. The third-order valence-electron chi connectivity index (χ3n) is 3.28. The van der Waals surface area contributed by atoms with E-state index in [1.165, 1.54) is 11.1 Å². The van der Waals surface area contributed by atoms with Crippen LogP contribution < -0.4 is 4.74 Å². The summed E-state index contributed by atoms with van der Waals surface area (Å²) in [6.45, 7) is 4.82. The van der Waals surface area contributed by atoms with Crippen LogP contribution in [0.2, 0.25) is 0 Å². The van der Waals surface area contributed by atoms with Crippen LogP contribution in [0.3, 0.4) is 0 Å². The normalized spacial score (nSPS) is 16.6. The molecule has 0 spiro atoms. The third-order valence-corrected chi connectivity index (χ3v) is 3.28. The van der Waals surface area contributed by atoms with Crippen molar-refractivity contribution in [1.29, 1.82) is 5.26 Å². The Morgan fingerprint density at radius 2 is 2.12 bits per heavy atom. The molecule has 0 bridgehead atoms. The van der Waals surface area contributed by atoms with E-state index in [1.54, 1.807) is 0 Å². The molecule has 0 aromatic heterocycles. The molecule has 0 aliphatic heterocycles. The summed E-state index contributed by atoms with van der Waals surface area (Å²) < 4.78 is 5.82. The van der Waals surface area contributed by atoms with E-state index in [4.69, 9.17) is 10.00 Å². The van der Waals surface area contributed by atoms with Gasteiger partial charge in [-0.15, -0.1) is 0 Å². The Labute approximate surface area is 96.9 Å². The van der Waals surface area contributed by atoms with Gasteiger partial charge in [0.05, 0.1) is 12.7 Å². The average molecular weight is 215 g/mol. The average Bonchev–Trinajstić information content (AvgIpc) is 2.98. The van der Waals surface area contributed by atoms with Crippen LogP contribution in [0.25, 0.3) is 0 Å². The second kappa shape index (κ2) is 4.17. The number of aryl methyl sites for hydroxylation is 2. The predicted molar refractivity (Wildman–Crippen MR) is 63.3 cm³/mol. The second-order valence-electron chi connectivity index (χ2n) is 4.89. The molecule has 0 N–H and O–H groups in total. The monoisotopic (exact) mass is 215 g/mol. The van der Waals surface area contributed by atoms with E-state index >= 15 is 0 Å². The standard InChI is InChI=1S/C14H17NO/c1-11-3-4-13(12(2)9-11)16-10-14(5-6-14)7-8-15/h3-4,9H,5-7,10H2,1-2H3. The van der Waals surface area contributed by atoms with Gasteiger partial charge in [-0.25, -0.2) is 0 Å². The summed E-state index contributed by atoms with van der Waals surface area (Å²) in [5.41, 5.74) is 2.59. The Balaban J connectivity index is 1.98. The third kappa shape index (κ3) is 2.36. The molecule has 2 rings (SSSR count). The second-order valence-corrected chi connectivity index (χ2v) is 4.89. The molecule has 1 aliphatic carbocycles. The lowest BCUT2D eigenvalue weighted by Gasteiger charge is -2.14. The molecule has 1 aromatic carbocycles. The quantitative estimate of drug-likeness (QED) is 0.771. The zero-order chi connectivity index (χ0) is 11.6. The summed E-state index contributed by atoms with van der Waals surface area (Å²) in [6.07, 6.45) is 2.88. The van der Waals surface area contributed by atoms with E-state index < -0.39 is 0 Å². The highest BCUT2D eigenvalue weighted by atomic mass is 16.5. The van der Waals surface area contributed by atoms with Gasteiger partial charge in [-0.1, -0.05) is 17.7 Å². The molecule has 16 heavy (non-hydrogen) atoms. The Morgan fingerprint density at radius 1 is 1.38 bits per heavy atom. The van der Waals surface area contributed by atoms with Crippen LogP contribution in [-0.2, 0) is 0 Å². The van der Waals surface area contributed by atoms with Crippen LogP contribution in [0.1, 0.15) is 30.4 Å². The number of hydrogen-bond donors (Lipinski definition) is 0. The van der Waals surface area contributed by atoms with Crippen molar-refractivity contribution in [3.63, 3.8) is 0 Å². The van der Waals surface area contributed by atoms with Gasteiger partial charge in [0.1, 0.15) is 5.75 Å². The van der Waals surface area contributed by atoms with E-state index in [2.05, 4.69) is 32.0 Å². The highest BCUT2D eigenvalue weighted by Gasteiger charge is 2.43. The minimum absolute atomic E-state index is 0.159. The smallest absolute Gasteiger partial charge is 0.122 e. The number of rotatable bonds is 4. The van der Waals surface area contributed by atoms with Crippen molar-refractivity contribution in [2.24, 2.45) is 5.41 Å². The molecule has 1 aliphatic rings. The topological polar surface area (TPSA) is 33.0 Å². The molecule has 0 amide bonds. The molecule has 0 saturated heterocycles. The first-order valence-corrected chi connectivity index (χ1v) is 5.72. The van der Waals surface area contributed by atoms with Crippen molar-refractivity contribution in [3.05, 3.63) is 29.3 Å². The molecule has 1 saturated carbocycles. The molecule has 1 fully saturated rings. The van der Waals surface area contributed by atoms with Crippen LogP contribution in [0.4, 0.5) is 0 Å². The Kier molecular flexibility index (Phi) is 2.87. The SMILES string of the molecule is Cc1ccc(OCC2(CC#N)CC2)c(C)c1. The van der Waals surface area contributed by atoms with Gasteiger partial charge in [-0.2, -0.15) is 5.26 Å². The van der Waals surface area contributed by atoms with E-state index in [1.807, 2.05) is 6.07 Å². The number of nitriles is 1. The van der Waals surface area contributed by atoms with Gasteiger partial charge in [0.2, 0.25) is 0 Å². The number of benzene rings is 1. The van der Waals surface area contributed by atoms with Gasteiger partial charge in [-0.3, -0.25) is 0 Å². The van der Waals surface area contributed by atoms with E-state index in [0.717, 1.165) is 18.6 Å². The van der Waals surface area contributed by atoms with Crippen molar-refractivity contribution in [2.45, 2.75) is 33.1 Å². The maximum absolute atomic E-state index is 8.72. The summed E-state index contributed by atoms with van der Waals surface area (Å²) in [5.74, 6) is 0.954. The van der Waals surface area contributed by atoms with Crippen LogP contribution in [0.5, 0.6) is 5.75 Å². The van der Waals surface area contributed by atoms with E-state index in [0.29, 0.717) is 13.0 Å². The molecule has 0 radical (unpaired) electrons. The largest absolute Gasteiger partial charge is 0.493 e. The van der Waals surface area contributed by atoms with Crippen LogP contribution >= 0.6 is 0 Å².